The molecule has 2 heterocycles. The van der Waals surface area contributed by atoms with Crippen LogP contribution in [0.5, 0.6) is 5.75 Å². The van der Waals surface area contributed by atoms with Crippen LogP contribution in [0.15, 0.2) is 48.0 Å². The minimum atomic E-state index is -0.546. The van der Waals surface area contributed by atoms with Gasteiger partial charge in [0.2, 0.25) is 5.91 Å². The van der Waals surface area contributed by atoms with Crippen molar-refractivity contribution in [2.45, 2.75) is 57.0 Å². The van der Waals surface area contributed by atoms with Crippen molar-refractivity contribution in [3.05, 3.63) is 70.3 Å². The summed E-state index contributed by atoms with van der Waals surface area (Å²) >= 11 is 0. The Hall–Kier alpha value is -2.67. The van der Waals surface area contributed by atoms with Gasteiger partial charge in [0.25, 0.3) is 0 Å². The van der Waals surface area contributed by atoms with Gasteiger partial charge >= 0.3 is 0 Å². The summed E-state index contributed by atoms with van der Waals surface area (Å²) in [4.78, 5) is 14.2. The Morgan fingerprint density at radius 1 is 1.06 bits per heavy atom. The van der Waals surface area contributed by atoms with Gasteiger partial charge in [-0.05, 0) is 92.8 Å². The van der Waals surface area contributed by atoms with Crippen LogP contribution in [-0.4, -0.2) is 60.3 Å². The van der Waals surface area contributed by atoms with Crippen molar-refractivity contribution in [3.63, 3.8) is 0 Å². The monoisotopic (exact) mass is 478 g/mol. The lowest BCUT2D eigenvalue weighted by atomic mass is 9.84. The fourth-order valence-electron chi connectivity index (χ4n) is 5.59. The van der Waals surface area contributed by atoms with E-state index in [9.17, 15) is 9.90 Å². The van der Waals surface area contributed by atoms with Crippen molar-refractivity contribution in [3.8, 4) is 5.75 Å². The predicted octanol–water partition coefficient (Wildman–Crippen LogP) is 3.26. The maximum Gasteiger partial charge on any atom is 0.247 e. The first kappa shape index (κ1) is 25.4. The third-order valence-corrected chi connectivity index (χ3v) is 7.55. The summed E-state index contributed by atoms with van der Waals surface area (Å²) in [7, 11) is 0. The molecule has 2 aliphatic heterocycles. The van der Waals surface area contributed by atoms with Gasteiger partial charge in [0.15, 0.2) is 0 Å². The van der Waals surface area contributed by atoms with E-state index >= 15 is 0 Å². The topological polar surface area (TPSA) is 93.3 Å². The molecule has 0 saturated carbocycles. The van der Waals surface area contributed by atoms with Crippen LogP contribution in [0.25, 0.3) is 6.08 Å². The van der Waals surface area contributed by atoms with Crippen LogP contribution in [0.1, 0.15) is 60.3 Å². The molecule has 0 aromatic heterocycles. The van der Waals surface area contributed by atoms with Gasteiger partial charge in [-0.2, -0.15) is 0 Å². The van der Waals surface area contributed by atoms with E-state index in [1.54, 1.807) is 11.1 Å². The Morgan fingerprint density at radius 2 is 1.83 bits per heavy atom. The molecule has 6 nitrogen and oxygen atoms in total. The fourth-order valence-corrected chi connectivity index (χ4v) is 5.59. The lowest BCUT2D eigenvalue weighted by Gasteiger charge is -2.33. The van der Waals surface area contributed by atoms with Gasteiger partial charge in [-0.1, -0.05) is 36.4 Å². The number of hydrogen-bond acceptors (Lipinski definition) is 4. The highest BCUT2D eigenvalue weighted by molar-refractivity contribution is 6.00. The number of nitrogens with one attached hydrogen (secondary N) is 1. The molecule has 4 N–H and O–H groups in total. The second-order valence-electron chi connectivity index (χ2n) is 9.99. The van der Waals surface area contributed by atoms with E-state index in [0.717, 1.165) is 43.5 Å². The first-order valence-corrected chi connectivity index (χ1v) is 12.9. The van der Waals surface area contributed by atoms with Crippen LogP contribution in [0.4, 0.5) is 0 Å². The second-order valence-corrected chi connectivity index (χ2v) is 9.99. The smallest absolute Gasteiger partial charge is 0.247 e. The summed E-state index contributed by atoms with van der Waals surface area (Å²) in [5.41, 5.74) is 6.29. The minimum Gasteiger partial charge on any atom is -0.490 e. The number of likely N-dealkylation sites (tertiary alicyclic amines) is 1. The Bertz CT molecular complexity index is 1040. The SMILES string of the molecule is O.O=C1NCCC1=Cc1ccccc1OC[C@@H](O)CN1CCC(c2ccc3c(c2)CCCC3)CC1. The van der Waals surface area contributed by atoms with Crippen LogP contribution in [0.3, 0.4) is 0 Å². The summed E-state index contributed by atoms with van der Waals surface area (Å²) < 4.78 is 5.98. The predicted molar refractivity (Wildman–Crippen MR) is 139 cm³/mol. The van der Waals surface area contributed by atoms with E-state index in [4.69, 9.17) is 4.74 Å². The molecule has 1 aliphatic carbocycles. The maximum absolute atomic E-state index is 11.9. The van der Waals surface area contributed by atoms with Gasteiger partial charge in [0.05, 0.1) is 0 Å². The van der Waals surface area contributed by atoms with E-state index in [1.807, 2.05) is 30.3 Å². The molecule has 1 atom stereocenters. The van der Waals surface area contributed by atoms with Gasteiger partial charge in [-0.3, -0.25) is 4.79 Å². The highest BCUT2D eigenvalue weighted by Gasteiger charge is 2.23. The molecule has 0 spiro atoms. The van der Waals surface area contributed by atoms with Crippen LogP contribution in [0, 0.1) is 0 Å². The average molecular weight is 479 g/mol. The number of nitrogens with zero attached hydrogens (tertiary/aromatic N) is 1. The molecule has 5 rings (SSSR count). The number of fused-ring (bicyclic) bond motifs is 1. The first-order chi connectivity index (χ1) is 16.7. The van der Waals surface area contributed by atoms with E-state index in [0.29, 0.717) is 24.8 Å². The molecule has 2 aromatic carbocycles. The third-order valence-electron chi connectivity index (χ3n) is 7.55. The van der Waals surface area contributed by atoms with Gasteiger partial charge < -0.3 is 25.5 Å². The number of benzene rings is 2. The molecular formula is C29H38N2O4. The molecule has 6 heteroatoms. The summed E-state index contributed by atoms with van der Waals surface area (Å²) in [6, 6.07) is 14.9. The van der Waals surface area contributed by atoms with Crippen molar-refractivity contribution in [1.29, 1.82) is 0 Å². The number of aliphatic hydroxyl groups is 1. The molecule has 2 fully saturated rings. The quantitative estimate of drug-likeness (QED) is 0.598. The van der Waals surface area contributed by atoms with Crippen molar-refractivity contribution >= 4 is 12.0 Å². The summed E-state index contributed by atoms with van der Waals surface area (Å²) in [5, 5.41) is 13.5. The zero-order valence-corrected chi connectivity index (χ0v) is 20.5. The summed E-state index contributed by atoms with van der Waals surface area (Å²) in [6.45, 7) is 3.59. The lowest BCUT2D eigenvalue weighted by molar-refractivity contribution is -0.116. The highest BCUT2D eigenvalue weighted by Crippen LogP contribution is 2.31. The van der Waals surface area contributed by atoms with Crippen LogP contribution >= 0.6 is 0 Å². The van der Waals surface area contributed by atoms with Crippen LogP contribution in [0.2, 0.25) is 0 Å². The van der Waals surface area contributed by atoms with E-state index in [2.05, 4.69) is 28.4 Å². The average Bonchev–Trinajstić information content (AvgIpc) is 3.28. The molecule has 1 amide bonds. The fraction of sp³-hybridized carbons (Fsp3) is 0.483. The normalized spacial score (nSPS) is 20.7. The van der Waals surface area contributed by atoms with Gasteiger partial charge in [0.1, 0.15) is 18.5 Å². The summed E-state index contributed by atoms with van der Waals surface area (Å²) in [6.07, 6.45) is 9.51. The van der Waals surface area contributed by atoms with Crippen molar-refractivity contribution in [2.24, 2.45) is 0 Å². The number of piperidine rings is 1. The molecule has 0 bridgehead atoms. The summed E-state index contributed by atoms with van der Waals surface area (Å²) in [5.74, 6) is 1.33. The zero-order chi connectivity index (χ0) is 23.3. The number of hydrogen-bond donors (Lipinski definition) is 2. The number of carbonyl (C=O) groups excluding carboxylic acids is 1. The number of β-amino-alcohol motifs (C(OH)–C–C–N with tert-alkyl or cyclic N) is 1. The Balaban J connectivity index is 0.00000289. The van der Waals surface area contributed by atoms with E-state index in [1.165, 1.54) is 31.2 Å². The molecule has 3 aliphatic rings. The van der Waals surface area contributed by atoms with Crippen LogP contribution in [-0.2, 0) is 17.6 Å². The number of ether oxygens (including phenoxy) is 1. The standard InChI is InChI=1S/C29H36N2O3.H2O/c32-27(20-34-28-8-4-3-7-25(28)18-26-11-14-30-29(26)33)19-31-15-12-22(13-16-31)24-10-9-21-5-1-2-6-23(21)17-24;/h3-4,7-10,17-18,22,27,32H,1-2,5-6,11-16,19-20H2,(H,30,33);1H2/t27-;/m0./s1. The van der Waals surface area contributed by atoms with E-state index in [-0.39, 0.29) is 18.0 Å². The van der Waals surface area contributed by atoms with Crippen molar-refractivity contribution in [1.82, 2.24) is 10.2 Å². The molecule has 2 saturated heterocycles. The number of carbonyl (C=O) groups is 1. The van der Waals surface area contributed by atoms with E-state index < -0.39 is 6.10 Å². The highest BCUT2D eigenvalue weighted by atomic mass is 16.5. The Labute approximate surface area is 208 Å². The maximum atomic E-state index is 11.9. The third kappa shape index (κ3) is 6.31. The number of aryl methyl sites for hydroxylation is 2. The van der Waals surface area contributed by atoms with Crippen LogP contribution < -0.4 is 10.1 Å². The van der Waals surface area contributed by atoms with Gasteiger partial charge in [-0.15, -0.1) is 0 Å². The zero-order valence-electron chi connectivity index (χ0n) is 20.5. The lowest BCUT2D eigenvalue weighted by Crippen LogP contribution is -2.40. The molecule has 0 radical (unpaired) electrons. The number of amides is 1. The largest absolute Gasteiger partial charge is 0.490 e. The van der Waals surface area contributed by atoms with Crippen molar-refractivity contribution in [2.75, 3.05) is 32.8 Å². The molecule has 35 heavy (non-hydrogen) atoms. The minimum absolute atomic E-state index is 0. The number of rotatable bonds is 7. The molecule has 188 valence electrons. The molecular weight excluding hydrogens is 440 g/mol. The van der Waals surface area contributed by atoms with Crippen molar-refractivity contribution < 1.29 is 20.1 Å². The van der Waals surface area contributed by atoms with Gasteiger partial charge in [0, 0.05) is 24.2 Å². The Kier molecular flexibility index (Phi) is 8.60. The number of aliphatic hydroxyl groups excluding tert-OH is 1. The number of para-hydroxylation sites is 1. The molecule has 2 aromatic rings. The Morgan fingerprint density at radius 3 is 2.60 bits per heavy atom. The second kappa shape index (κ2) is 11.8. The molecule has 0 unspecified atom stereocenters. The van der Waals surface area contributed by atoms with Gasteiger partial charge in [-0.25, -0.2) is 0 Å². The first-order valence-electron chi connectivity index (χ1n) is 12.9.